The Morgan fingerprint density at radius 2 is 1.92 bits per heavy atom. The Morgan fingerprint density at radius 1 is 1.12 bits per heavy atom. The molecule has 1 atom stereocenters. The van der Waals surface area contributed by atoms with Crippen molar-refractivity contribution in [3.05, 3.63) is 35.4 Å². The number of carbonyl (C=O) groups excluding carboxylic acids is 1. The van der Waals surface area contributed by atoms with Crippen molar-refractivity contribution in [2.24, 2.45) is 5.10 Å². The number of nitriles is 1. The molecule has 0 spiro atoms. The zero-order valence-corrected chi connectivity index (χ0v) is 14.4. The summed E-state index contributed by atoms with van der Waals surface area (Å²) in [5.74, 6) is 0.899. The normalized spacial score (nSPS) is 23.3. The number of hydrazone groups is 1. The Morgan fingerprint density at radius 3 is 2.72 bits per heavy atom. The Kier molecular flexibility index (Phi) is 4.31. The molecule has 3 aliphatic rings. The maximum absolute atomic E-state index is 13.2. The maximum Gasteiger partial charge on any atom is 0.254 e. The predicted octanol–water partition coefficient (Wildman–Crippen LogP) is 2.12. The maximum atomic E-state index is 13.2. The molecule has 1 aromatic rings. The van der Waals surface area contributed by atoms with Crippen LogP contribution in [0.4, 0.5) is 0 Å². The fourth-order valence-corrected chi connectivity index (χ4v) is 3.98. The van der Waals surface area contributed by atoms with Gasteiger partial charge in [0.1, 0.15) is 6.04 Å². The number of hydrogen-bond donors (Lipinski definition) is 0. The molecule has 130 valence electrons. The summed E-state index contributed by atoms with van der Waals surface area (Å²) in [6.07, 6.45) is 5.39. The van der Waals surface area contributed by atoms with E-state index in [0.29, 0.717) is 12.1 Å². The molecule has 0 saturated carbocycles. The average Bonchev–Trinajstić information content (AvgIpc) is 3.14. The van der Waals surface area contributed by atoms with E-state index in [-0.39, 0.29) is 11.9 Å². The van der Waals surface area contributed by atoms with Gasteiger partial charge >= 0.3 is 0 Å². The van der Waals surface area contributed by atoms with Crippen molar-refractivity contribution in [1.82, 2.24) is 14.8 Å². The molecule has 0 bridgehead atoms. The van der Waals surface area contributed by atoms with Gasteiger partial charge < -0.3 is 4.90 Å². The Hall–Kier alpha value is -2.55. The first-order valence-electron chi connectivity index (χ1n) is 9.17. The monoisotopic (exact) mass is 337 g/mol. The SMILES string of the molecule is N#Cc1ccccc1CN1C(=O)C2CCCN2N=C1N1CCCCC1. The zero-order valence-electron chi connectivity index (χ0n) is 14.4. The number of benzene rings is 1. The van der Waals surface area contributed by atoms with Gasteiger partial charge in [0.05, 0.1) is 18.2 Å². The summed E-state index contributed by atoms with van der Waals surface area (Å²) in [5, 5.41) is 16.2. The Balaban J connectivity index is 1.68. The molecule has 0 aromatic heterocycles. The highest BCUT2D eigenvalue weighted by molar-refractivity contribution is 6.01. The number of carbonyl (C=O) groups is 1. The fraction of sp³-hybridized carbons (Fsp3) is 0.526. The number of rotatable bonds is 2. The highest BCUT2D eigenvalue weighted by atomic mass is 16.2. The summed E-state index contributed by atoms with van der Waals surface area (Å²) in [4.78, 5) is 17.2. The summed E-state index contributed by atoms with van der Waals surface area (Å²) >= 11 is 0. The van der Waals surface area contributed by atoms with Gasteiger partial charge in [0.25, 0.3) is 5.91 Å². The minimum atomic E-state index is -0.136. The van der Waals surface area contributed by atoms with Gasteiger partial charge in [-0.15, -0.1) is 5.10 Å². The van der Waals surface area contributed by atoms with Crippen molar-refractivity contribution in [2.45, 2.75) is 44.7 Å². The van der Waals surface area contributed by atoms with Crippen LogP contribution >= 0.6 is 0 Å². The van der Waals surface area contributed by atoms with Crippen LogP contribution in [-0.2, 0) is 11.3 Å². The number of fused-ring (bicyclic) bond motifs is 1. The van der Waals surface area contributed by atoms with E-state index in [1.54, 1.807) is 0 Å². The lowest BCUT2D eigenvalue weighted by molar-refractivity contribution is -0.134. The van der Waals surface area contributed by atoms with Gasteiger partial charge in [0, 0.05) is 19.6 Å². The van der Waals surface area contributed by atoms with Gasteiger partial charge in [-0.25, -0.2) is 0 Å². The van der Waals surface area contributed by atoms with Gasteiger partial charge in [-0.3, -0.25) is 14.7 Å². The fourth-order valence-electron chi connectivity index (χ4n) is 3.98. The smallest absolute Gasteiger partial charge is 0.254 e. The minimum absolute atomic E-state index is 0.126. The van der Waals surface area contributed by atoms with Crippen molar-refractivity contribution in [3.8, 4) is 6.07 Å². The molecule has 6 nitrogen and oxygen atoms in total. The van der Waals surface area contributed by atoms with E-state index in [0.717, 1.165) is 56.8 Å². The van der Waals surface area contributed by atoms with Crippen molar-refractivity contribution >= 4 is 11.9 Å². The number of piperidine rings is 1. The van der Waals surface area contributed by atoms with Gasteiger partial charge in [0.15, 0.2) is 0 Å². The molecule has 1 amide bonds. The molecule has 2 fully saturated rings. The van der Waals surface area contributed by atoms with Gasteiger partial charge in [-0.05, 0) is 43.7 Å². The topological polar surface area (TPSA) is 62.9 Å². The summed E-state index contributed by atoms with van der Waals surface area (Å²) < 4.78 is 0. The van der Waals surface area contributed by atoms with E-state index >= 15 is 0 Å². The zero-order chi connectivity index (χ0) is 17.2. The third-order valence-corrected chi connectivity index (χ3v) is 5.34. The molecule has 1 aromatic carbocycles. The third-order valence-electron chi connectivity index (χ3n) is 5.34. The number of likely N-dealkylation sites (tertiary alicyclic amines) is 1. The Bertz CT molecular complexity index is 732. The molecule has 2 saturated heterocycles. The first-order valence-corrected chi connectivity index (χ1v) is 9.17. The summed E-state index contributed by atoms with van der Waals surface area (Å²) in [5.41, 5.74) is 1.51. The lowest BCUT2D eigenvalue weighted by atomic mass is 10.1. The molecule has 6 heteroatoms. The largest absolute Gasteiger partial charge is 0.341 e. The van der Waals surface area contributed by atoms with E-state index in [1.807, 2.05) is 34.2 Å². The van der Waals surface area contributed by atoms with Crippen LogP contribution in [0.3, 0.4) is 0 Å². The van der Waals surface area contributed by atoms with Gasteiger partial charge in [-0.1, -0.05) is 18.2 Å². The standard InChI is InChI=1S/C19H23N5O/c20-13-15-7-2-3-8-16(15)14-23-18(25)17-9-6-12-24(17)21-19(23)22-10-4-1-5-11-22/h2-3,7-8,17H,1,4-6,9-12,14H2. The van der Waals surface area contributed by atoms with Crippen molar-refractivity contribution in [1.29, 1.82) is 5.26 Å². The first-order chi connectivity index (χ1) is 12.3. The van der Waals surface area contributed by atoms with Crippen LogP contribution in [0, 0.1) is 11.3 Å². The molecule has 0 radical (unpaired) electrons. The molecule has 3 aliphatic heterocycles. The summed E-state index contributed by atoms with van der Waals surface area (Å²) in [6.45, 7) is 3.17. The predicted molar refractivity (Wildman–Crippen MR) is 94.3 cm³/mol. The van der Waals surface area contributed by atoms with Gasteiger partial charge in [-0.2, -0.15) is 5.26 Å². The molecule has 3 heterocycles. The van der Waals surface area contributed by atoms with Crippen molar-refractivity contribution < 1.29 is 4.79 Å². The van der Waals surface area contributed by atoms with E-state index in [1.165, 1.54) is 6.42 Å². The first kappa shape index (κ1) is 15.9. The Labute approximate surface area is 148 Å². The molecule has 1 unspecified atom stereocenters. The second-order valence-electron chi connectivity index (χ2n) is 6.96. The molecule has 4 rings (SSSR count). The minimum Gasteiger partial charge on any atom is -0.341 e. The van der Waals surface area contributed by atoms with Crippen molar-refractivity contribution in [2.75, 3.05) is 19.6 Å². The van der Waals surface area contributed by atoms with Crippen molar-refractivity contribution in [3.63, 3.8) is 0 Å². The van der Waals surface area contributed by atoms with E-state index < -0.39 is 0 Å². The molecule has 0 N–H and O–H groups in total. The highest BCUT2D eigenvalue weighted by Gasteiger charge is 2.41. The molecular formula is C19H23N5O. The molecule has 25 heavy (non-hydrogen) atoms. The number of amides is 1. The second-order valence-corrected chi connectivity index (χ2v) is 6.96. The summed E-state index contributed by atoms with van der Waals surface area (Å²) in [7, 11) is 0. The lowest BCUT2D eigenvalue weighted by Gasteiger charge is -2.41. The number of hydrogen-bond acceptors (Lipinski definition) is 5. The number of nitrogens with zero attached hydrogens (tertiary/aromatic N) is 5. The van der Waals surface area contributed by atoms with Crippen LogP contribution in [0.2, 0.25) is 0 Å². The second kappa shape index (κ2) is 6.75. The van der Waals surface area contributed by atoms with Gasteiger partial charge in [0.2, 0.25) is 5.96 Å². The third kappa shape index (κ3) is 2.95. The van der Waals surface area contributed by atoms with Crippen LogP contribution in [-0.4, -0.2) is 52.4 Å². The summed E-state index contributed by atoms with van der Waals surface area (Å²) in [6, 6.07) is 9.62. The van der Waals surface area contributed by atoms with Crippen LogP contribution < -0.4 is 0 Å². The molecule has 0 aliphatic carbocycles. The van der Waals surface area contributed by atoms with E-state index in [9.17, 15) is 10.1 Å². The number of guanidine groups is 1. The highest BCUT2D eigenvalue weighted by Crippen LogP contribution is 2.27. The lowest BCUT2D eigenvalue weighted by Crippen LogP contribution is -2.57. The quantitative estimate of drug-likeness (QED) is 0.829. The van der Waals surface area contributed by atoms with E-state index in [4.69, 9.17) is 5.10 Å². The molecular weight excluding hydrogens is 314 g/mol. The average molecular weight is 337 g/mol. The van der Waals surface area contributed by atoms with E-state index in [2.05, 4.69) is 11.0 Å². The van der Waals surface area contributed by atoms with Crippen LogP contribution in [0.1, 0.15) is 43.2 Å². The van der Waals surface area contributed by atoms with Crippen LogP contribution in [0.5, 0.6) is 0 Å². The van der Waals surface area contributed by atoms with Crippen LogP contribution in [0.25, 0.3) is 0 Å². The van der Waals surface area contributed by atoms with Crippen LogP contribution in [0.15, 0.2) is 29.4 Å².